The maximum atomic E-state index is 13.5. The predicted octanol–water partition coefficient (Wildman–Crippen LogP) is 7.20. The number of nitro benzene ring substituents is 1. The van der Waals surface area contributed by atoms with Gasteiger partial charge >= 0.3 is 5.69 Å². The number of carbonyl (C=O) groups is 2. The van der Waals surface area contributed by atoms with Crippen LogP contribution in [0.5, 0.6) is 11.5 Å². The summed E-state index contributed by atoms with van der Waals surface area (Å²) >= 11 is 0. The van der Waals surface area contributed by atoms with Crippen molar-refractivity contribution in [1.29, 1.82) is 0 Å². The number of ketones is 1. The highest BCUT2D eigenvalue weighted by atomic mass is 16.6. The number of nitro groups is 1. The Morgan fingerprint density at radius 2 is 1.58 bits per heavy atom. The van der Waals surface area contributed by atoms with Crippen molar-refractivity contribution in [1.82, 2.24) is 4.90 Å². The summed E-state index contributed by atoms with van der Waals surface area (Å²) in [5.74, 6) is 0.848. The number of aryl methyl sites for hydroxylation is 2. The van der Waals surface area contributed by atoms with E-state index in [-0.39, 0.29) is 49.2 Å². The van der Waals surface area contributed by atoms with Gasteiger partial charge in [-0.25, -0.2) is 0 Å². The topological polar surface area (TPSA) is 112 Å². The van der Waals surface area contributed by atoms with Gasteiger partial charge in [0, 0.05) is 34.6 Å². The van der Waals surface area contributed by atoms with Crippen molar-refractivity contribution in [3.8, 4) is 11.5 Å². The van der Waals surface area contributed by atoms with E-state index in [0.717, 1.165) is 42.4 Å². The van der Waals surface area contributed by atoms with Crippen LogP contribution in [0.2, 0.25) is 0 Å². The Morgan fingerprint density at radius 1 is 0.822 bits per heavy atom. The van der Waals surface area contributed by atoms with E-state index in [4.69, 9.17) is 13.9 Å². The van der Waals surface area contributed by atoms with Crippen LogP contribution in [0.4, 0.5) is 5.69 Å². The van der Waals surface area contributed by atoms with Crippen molar-refractivity contribution in [2.75, 3.05) is 19.7 Å². The normalized spacial score (nSPS) is 12.4. The van der Waals surface area contributed by atoms with Crippen LogP contribution in [0.1, 0.15) is 50.4 Å². The van der Waals surface area contributed by atoms with Gasteiger partial charge in [-0.1, -0.05) is 60.7 Å². The largest absolute Gasteiger partial charge is 0.488 e. The molecule has 1 aliphatic rings. The van der Waals surface area contributed by atoms with Gasteiger partial charge in [-0.2, -0.15) is 0 Å². The van der Waals surface area contributed by atoms with Crippen LogP contribution in [0, 0.1) is 10.1 Å². The first-order chi connectivity index (χ1) is 22.0. The van der Waals surface area contributed by atoms with Gasteiger partial charge in [0.1, 0.15) is 19.0 Å². The number of benzene rings is 4. The first-order valence-corrected chi connectivity index (χ1v) is 15.0. The minimum atomic E-state index is -0.578. The lowest BCUT2D eigenvalue weighted by atomic mass is 9.96. The number of ether oxygens (including phenoxy) is 2. The molecule has 1 aliphatic carbocycles. The summed E-state index contributed by atoms with van der Waals surface area (Å²) in [6.45, 7) is 0.0692. The minimum Gasteiger partial charge on any atom is -0.488 e. The molecule has 1 heterocycles. The zero-order chi connectivity index (χ0) is 31.2. The molecule has 0 N–H and O–H groups in total. The smallest absolute Gasteiger partial charge is 0.311 e. The van der Waals surface area contributed by atoms with Gasteiger partial charge < -0.3 is 18.8 Å². The fraction of sp³-hybridized carbons (Fsp3) is 0.222. The zero-order valence-electron chi connectivity index (χ0n) is 24.6. The van der Waals surface area contributed by atoms with E-state index in [9.17, 15) is 19.7 Å². The lowest BCUT2D eigenvalue weighted by Crippen LogP contribution is -2.38. The fourth-order valence-corrected chi connectivity index (χ4v) is 5.61. The number of nitrogens with zero attached hydrogens (tertiary/aromatic N) is 2. The lowest BCUT2D eigenvalue weighted by Gasteiger charge is -2.22. The summed E-state index contributed by atoms with van der Waals surface area (Å²) in [7, 11) is 0. The third kappa shape index (κ3) is 6.72. The molecule has 0 saturated carbocycles. The molecule has 1 aromatic heterocycles. The van der Waals surface area contributed by atoms with Gasteiger partial charge in [-0.3, -0.25) is 19.7 Å². The summed E-state index contributed by atoms with van der Waals surface area (Å²) in [4.78, 5) is 39.7. The molecule has 0 spiro atoms. The summed E-state index contributed by atoms with van der Waals surface area (Å²) < 4.78 is 18.0. The van der Waals surface area contributed by atoms with Crippen LogP contribution in [0.15, 0.2) is 101 Å². The van der Waals surface area contributed by atoms with Crippen molar-refractivity contribution < 1.29 is 28.4 Å². The fourth-order valence-electron chi connectivity index (χ4n) is 5.61. The van der Waals surface area contributed by atoms with E-state index < -0.39 is 10.7 Å². The zero-order valence-corrected chi connectivity index (χ0v) is 24.6. The Morgan fingerprint density at radius 3 is 2.36 bits per heavy atom. The van der Waals surface area contributed by atoms with Gasteiger partial charge in [0.15, 0.2) is 22.9 Å². The number of Topliss-reactive ketones (excluding diaryl/α,β-unsaturated/α-hetero) is 1. The molecule has 9 heteroatoms. The van der Waals surface area contributed by atoms with Crippen LogP contribution < -0.4 is 9.47 Å². The van der Waals surface area contributed by atoms with Gasteiger partial charge in [0.25, 0.3) is 5.91 Å². The highest BCUT2D eigenvalue weighted by molar-refractivity contribution is 6.02. The van der Waals surface area contributed by atoms with Crippen molar-refractivity contribution in [2.24, 2.45) is 0 Å². The highest BCUT2D eigenvalue weighted by Crippen LogP contribution is 2.36. The molecule has 6 rings (SSSR count). The molecule has 0 bridgehead atoms. The van der Waals surface area contributed by atoms with Gasteiger partial charge in [0.2, 0.25) is 0 Å². The molecule has 228 valence electrons. The van der Waals surface area contributed by atoms with Crippen LogP contribution >= 0.6 is 0 Å². The molecule has 0 radical (unpaired) electrons. The molecule has 5 aromatic rings. The molecular weight excluding hydrogens is 572 g/mol. The second kappa shape index (κ2) is 13.5. The molecule has 45 heavy (non-hydrogen) atoms. The number of rotatable bonds is 12. The Kier molecular flexibility index (Phi) is 8.86. The maximum Gasteiger partial charge on any atom is 0.311 e. The maximum absolute atomic E-state index is 13.5. The molecule has 0 saturated heterocycles. The molecular formula is C36H32N2O7. The average Bonchev–Trinajstić information content (AvgIpc) is 3.47. The number of furan rings is 1. The average molecular weight is 605 g/mol. The highest BCUT2D eigenvalue weighted by Gasteiger charge is 2.24. The van der Waals surface area contributed by atoms with Crippen molar-refractivity contribution in [3.63, 3.8) is 0 Å². The third-order valence-corrected chi connectivity index (χ3v) is 7.92. The number of hydrogen-bond acceptors (Lipinski definition) is 7. The summed E-state index contributed by atoms with van der Waals surface area (Å²) in [5.41, 5.74) is 2.98. The molecule has 9 nitrogen and oxygen atoms in total. The minimum absolute atomic E-state index is 0.0554. The second-order valence-electron chi connectivity index (χ2n) is 10.9. The molecule has 0 unspecified atom stereocenters. The van der Waals surface area contributed by atoms with Gasteiger partial charge in [-0.05, 0) is 55.2 Å². The quantitative estimate of drug-likeness (QED) is 0.0841. The van der Waals surface area contributed by atoms with Crippen molar-refractivity contribution in [2.45, 2.75) is 32.3 Å². The Hall–Kier alpha value is -5.44. The van der Waals surface area contributed by atoms with E-state index >= 15 is 0 Å². The molecule has 1 amide bonds. The van der Waals surface area contributed by atoms with Crippen LogP contribution in [0.25, 0.3) is 11.0 Å². The van der Waals surface area contributed by atoms with E-state index in [0.29, 0.717) is 16.9 Å². The molecule has 0 atom stereocenters. The predicted molar refractivity (Wildman–Crippen MR) is 169 cm³/mol. The van der Waals surface area contributed by atoms with Crippen LogP contribution in [-0.2, 0) is 19.4 Å². The summed E-state index contributed by atoms with van der Waals surface area (Å²) in [6, 6.07) is 27.9. The molecule has 0 aliphatic heterocycles. The van der Waals surface area contributed by atoms with Crippen LogP contribution in [-0.4, -0.2) is 41.2 Å². The van der Waals surface area contributed by atoms with Gasteiger partial charge in [-0.15, -0.1) is 0 Å². The summed E-state index contributed by atoms with van der Waals surface area (Å²) in [5, 5.41) is 12.9. The standard InChI is InChI=1S/C36H32N2O7/c39-31(27-18-19-33(30(22-27)38(41)42)44-24-25-10-3-1-4-11-25)23-37(36(40)26-12-5-2-6-13-26)20-21-43-34-17-9-15-29-28-14-7-8-16-32(28)45-35(29)34/h1-6,9-13,15,17-19,22H,7-8,14,16,20-21,23-24H2. The Bertz CT molecular complexity index is 1830. The van der Waals surface area contributed by atoms with Crippen LogP contribution in [0.3, 0.4) is 0 Å². The monoisotopic (exact) mass is 604 g/mol. The Balaban J connectivity index is 1.19. The first-order valence-electron chi connectivity index (χ1n) is 15.0. The van der Waals surface area contributed by atoms with E-state index in [1.807, 2.05) is 48.5 Å². The second-order valence-corrected chi connectivity index (χ2v) is 10.9. The number of carbonyl (C=O) groups excluding carboxylic acids is 2. The number of amides is 1. The van der Waals surface area contributed by atoms with E-state index in [1.165, 1.54) is 28.7 Å². The van der Waals surface area contributed by atoms with Gasteiger partial charge in [0.05, 0.1) is 18.0 Å². The number of hydrogen-bond donors (Lipinski definition) is 0. The lowest BCUT2D eigenvalue weighted by molar-refractivity contribution is -0.386. The third-order valence-electron chi connectivity index (χ3n) is 7.92. The van der Waals surface area contributed by atoms with E-state index in [1.54, 1.807) is 30.3 Å². The number of para-hydroxylation sites is 1. The van der Waals surface area contributed by atoms with E-state index in [2.05, 4.69) is 0 Å². The summed E-state index contributed by atoms with van der Waals surface area (Å²) in [6.07, 6.45) is 4.11. The van der Waals surface area contributed by atoms with Crippen molar-refractivity contribution >= 4 is 28.3 Å². The molecule has 4 aromatic carbocycles. The first kappa shape index (κ1) is 29.6. The number of fused-ring (bicyclic) bond motifs is 3. The molecule has 0 fully saturated rings. The van der Waals surface area contributed by atoms with Crippen molar-refractivity contribution in [3.05, 3.63) is 135 Å². The SMILES string of the molecule is O=C(CN(CCOc1cccc2c3c(oc12)CCCC3)C(=O)c1ccccc1)c1ccc(OCc2ccccc2)c([N+](=O)[O-])c1. The Labute approximate surface area is 260 Å².